The van der Waals surface area contributed by atoms with Gasteiger partial charge in [0.05, 0.1) is 11.2 Å². The number of sulfone groups is 1. The molecule has 0 aromatic heterocycles. The zero-order valence-electron chi connectivity index (χ0n) is 11.9. The third-order valence-electron chi connectivity index (χ3n) is 3.78. The largest absolute Gasteiger partial charge is 0.481 e. The fraction of sp³-hybridized carbons (Fsp3) is 0.846. The van der Waals surface area contributed by atoms with Crippen LogP contribution in [0.3, 0.4) is 0 Å². The first-order chi connectivity index (χ1) is 9.25. The molecule has 0 heterocycles. The quantitative estimate of drug-likeness (QED) is 0.682. The summed E-state index contributed by atoms with van der Waals surface area (Å²) in [6.45, 7) is 0.265. The van der Waals surface area contributed by atoms with Gasteiger partial charge in [0, 0.05) is 19.2 Å². The minimum Gasteiger partial charge on any atom is -0.481 e. The van der Waals surface area contributed by atoms with Gasteiger partial charge in [0.25, 0.3) is 0 Å². The third-order valence-corrected chi connectivity index (χ3v) is 4.81. The van der Waals surface area contributed by atoms with Crippen LogP contribution in [0.2, 0.25) is 0 Å². The van der Waals surface area contributed by atoms with Crippen molar-refractivity contribution in [2.45, 2.75) is 44.9 Å². The molecule has 0 atom stereocenters. The van der Waals surface area contributed by atoms with E-state index in [0.29, 0.717) is 19.3 Å². The molecule has 0 aliphatic heterocycles. The zero-order chi connectivity index (χ0) is 15.2. The minimum atomic E-state index is -3.02. The molecule has 1 amide bonds. The molecule has 0 saturated heterocycles. The van der Waals surface area contributed by atoms with E-state index >= 15 is 0 Å². The monoisotopic (exact) mass is 305 g/mol. The molecule has 116 valence electrons. The number of carbonyl (C=O) groups is 2. The second kappa shape index (κ2) is 7.06. The molecule has 1 saturated carbocycles. The molecule has 7 heteroatoms. The van der Waals surface area contributed by atoms with E-state index in [-0.39, 0.29) is 24.6 Å². The van der Waals surface area contributed by atoms with Gasteiger partial charge in [-0.3, -0.25) is 9.59 Å². The first-order valence-electron chi connectivity index (χ1n) is 6.93. The maximum absolute atomic E-state index is 11.8. The lowest BCUT2D eigenvalue weighted by atomic mass is 9.71. The molecular weight excluding hydrogens is 282 g/mol. The van der Waals surface area contributed by atoms with Gasteiger partial charge in [-0.2, -0.15) is 0 Å². The van der Waals surface area contributed by atoms with E-state index < -0.39 is 21.2 Å². The number of hydrogen-bond donors (Lipinski definition) is 2. The van der Waals surface area contributed by atoms with Crippen LogP contribution < -0.4 is 5.32 Å². The number of amides is 1. The highest BCUT2D eigenvalue weighted by Gasteiger charge is 2.41. The molecule has 0 bridgehead atoms. The van der Waals surface area contributed by atoms with E-state index in [1.54, 1.807) is 0 Å². The molecule has 20 heavy (non-hydrogen) atoms. The molecule has 1 rings (SSSR count). The molecule has 1 aliphatic carbocycles. The fourth-order valence-corrected chi connectivity index (χ4v) is 3.30. The average molecular weight is 305 g/mol. The predicted molar refractivity (Wildman–Crippen MR) is 75.1 cm³/mol. The number of aliphatic carboxylic acids is 1. The Bertz CT molecular complexity index is 451. The summed E-state index contributed by atoms with van der Waals surface area (Å²) in [6.07, 6.45) is 5.27. The van der Waals surface area contributed by atoms with Crippen LogP contribution in [0, 0.1) is 5.41 Å². The maximum atomic E-state index is 11.8. The van der Waals surface area contributed by atoms with Gasteiger partial charge in [-0.1, -0.05) is 19.3 Å². The van der Waals surface area contributed by atoms with Crippen LogP contribution >= 0.6 is 0 Å². The molecule has 0 aromatic rings. The summed E-state index contributed by atoms with van der Waals surface area (Å²) in [5, 5.41) is 12.0. The Balaban J connectivity index is 2.41. The van der Waals surface area contributed by atoms with Gasteiger partial charge in [-0.25, -0.2) is 8.42 Å². The lowest BCUT2D eigenvalue weighted by Crippen LogP contribution is -2.39. The third kappa shape index (κ3) is 5.48. The number of carboxylic acid groups (broad SMARTS) is 1. The van der Waals surface area contributed by atoms with Gasteiger partial charge in [-0.05, 0) is 19.3 Å². The molecule has 0 radical (unpaired) electrons. The number of carboxylic acids is 1. The first-order valence-corrected chi connectivity index (χ1v) is 8.99. The number of nitrogens with one attached hydrogen (secondary N) is 1. The van der Waals surface area contributed by atoms with Crippen LogP contribution in [0.25, 0.3) is 0 Å². The van der Waals surface area contributed by atoms with Crippen LogP contribution in [0.1, 0.15) is 44.9 Å². The second-order valence-electron chi connectivity index (χ2n) is 5.66. The zero-order valence-corrected chi connectivity index (χ0v) is 12.7. The van der Waals surface area contributed by atoms with Crippen molar-refractivity contribution in [2.24, 2.45) is 5.41 Å². The highest BCUT2D eigenvalue weighted by molar-refractivity contribution is 7.90. The normalized spacial score (nSPS) is 18.4. The van der Waals surface area contributed by atoms with Crippen molar-refractivity contribution in [1.82, 2.24) is 5.32 Å². The topological polar surface area (TPSA) is 101 Å². The predicted octanol–water partition coefficient (Wildman–Crippen LogP) is 0.962. The second-order valence-corrected chi connectivity index (χ2v) is 7.92. The Morgan fingerprint density at radius 1 is 1.20 bits per heavy atom. The van der Waals surface area contributed by atoms with Gasteiger partial charge in [0.1, 0.15) is 9.84 Å². The minimum absolute atomic E-state index is 0.0127. The first kappa shape index (κ1) is 16.9. The maximum Gasteiger partial charge on any atom is 0.310 e. The molecular formula is C13H23NO5S. The lowest BCUT2D eigenvalue weighted by molar-refractivity contribution is -0.154. The van der Waals surface area contributed by atoms with Gasteiger partial charge >= 0.3 is 5.97 Å². The molecule has 0 spiro atoms. The van der Waals surface area contributed by atoms with Crippen molar-refractivity contribution in [3.63, 3.8) is 0 Å². The Labute approximate surface area is 119 Å². The Hall–Kier alpha value is -1.11. The Morgan fingerprint density at radius 2 is 1.80 bits per heavy atom. The van der Waals surface area contributed by atoms with Crippen LogP contribution in [0.5, 0.6) is 0 Å². The van der Waals surface area contributed by atoms with Crippen LogP contribution in [-0.2, 0) is 19.4 Å². The van der Waals surface area contributed by atoms with Crippen molar-refractivity contribution in [3.8, 4) is 0 Å². The molecule has 0 aromatic carbocycles. The summed E-state index contributed by atoms with van der Waals surface area (Å²) in [6, 6.07) is 0. The van der Waals surface area contributed by atoms with Crippen LogP contribution in [0.15, 0.2) is 0 Å². The summed E-state index contributed by atoms with van der Waals surface area (Å²) >= 11 is 0. The van der Waals surface area contributed by atoms with Crippen molar-refractivity contribution < 1.29 is 23.1 Å². The highest BCUT2D eigenvalue weighted by Crippen LogP contribution is 2.39. The van der Waals surface area contributed by atoms with Gasteiger partial charge in [0.15, 0.2) is 0 Å². The van der Waals surface area contributed by atoms with E-state index in [9.17, 15) is 23.1 Å². The van der Waals surface area contributed by atoms with E-state index in [4.69, 9.17) is 0 Å². The van der Waals surface area contributed by atoms with Crippen molar-refractivity contribution in [3.05, 3.63) is 0 Å². The van der Waals surface area contributed by atoms with Crippen molar-refractivity contribution in [2.75, 3.05) is 18.6 Å². The van der Waals surface area contributed by atoms with Gasteiger partial charge in [-0.15, -0.1) is 0 Å². The summed E-state index contributed by atoms with van der Waals surface area (Å²) < 4.78 is 21.9. The number of carbonyl (C=O) groups excluding carboxylic acids is 1. The summed E-state index contributed by atoms with van der Waals surface area (Å²) in [5.41, 5.74) is -0.931. The van der Waals surface area contributed by atoms with E-state index in [2.05, 4.69) is 5.32 Å². The number of rotatable bonds is 7. The molecule has 1 aliphatic rings. The van der Waals surface area contributed by atoms with Crippen molar-refractivity contribution in [1.29, 1.82) is 0 Å². The SMILES string of the molecule is CS(=O)(=O)CCCNC(=O)CC1(C(=O)O)CCCCC1. The fourth-order valence-electron chi connectivity index (χ4n) is 2.63. The van der Waals surface area contributed by atoms with E-state index in [1.165, 1.54) is 0 Å². The summed E-state index contributed by atoms with van der Waals surface area (Å²) in [4.78, 5) is 23.2. The molecule has 0 unspecified atom stereocenters. The van der Waals surface area contributed by atoms with Crippen LogP contribution in [-0.4, -0.2) is 44.0 Å². The number of hydrogen-bond acceptors (Lipinski definition) is 4. The standard InChI is InChI=1S/C13H23NO5S/c1-20(18,19)9-5-8-14-11(15)10-13(12(16)17)6-3-2-4-7-13/h2-10H2,1H3,(H,14,15)(H,16,17). The highest BCUT2D eigenvalue weighted by atomic mass is 32.2. The van der Waals surface area contributed by atoms with Crippen molar-refractivity contribution >= 4 is 21.7 Å². The van der Waals surface area contributed by atoms with Crippen LogP contribution in [0.4, 0.5) is 0 Å². The van der Waals surface area contributed by atoms with Gasteiger partial charge < -0.3 is 10.4 Å². The smallest absolute Gasteiger partial charge is 0.310 e. The molecule has 1 fully saturated rings. The molecule has 6 nitrogen and oxygen atoms in total. The lowest BCUT2D eigenvalue weighted by Gasteiger charge is -2.32. The van der Waals surface area contributed by atoms with E-state index in [1.807, 2.05) is 0 Å². The van der Waals surface area contributed by atoms with Gasteiger partial charge in [0.2, 0.25) is 5.91 Å². The molecule has 2 N–H and O–H groups in total. The summed E-state index contributed by atoms with van der Waals surface area (Å²) in [7, 11) is -3.02. The average Bonchev–Trinajstić information content (AvgIpc) is 2.34. The van der Waals surface area contributed by atoms with E-state index in [0.717, 1.165) is 25.5 Å². The summed E-state index contributed by atoms with van der Waals surface area (Å²) in [5.74, 6) is -1.18. The Morgan fingerprint density at radius 3 is 2.30 bits per heavy atom. The Kier molecular flexibility index (Phi) is 5.98.